The van der Waals surface area contributed by atoms with Crippen LogP contribution in [0.25, 0.3) is 0 Å². The lowest BCUT2D eigenvalue weighted by atomic mass is 10.1. The monoisotopic (exact) mass is 445 g/mol. The van der Waals surface area contributed by atoms with E-state index in [4.69, 9.17) is 4.74 Å². The number of hydrogen-bond donors (Lipinski definition) is 2. The molecule has 0 radical (unpaired) electrons. The van der Waals surface area contributed by atoms with Gasteiger partial charge in [0.25, 0.3) is 5.91 Å². The summed E-state index contributed by atoms with van der Waals surface area (Å²) in [4.78, 5) is 14.8. The van der Waals surface area contributed by atoms with Crippen LogP contribution in [0.5, 0.6) is 5.75 Å². The average molecular weight is 446 g/mol. The van der Waals surface area contributed by atoms with E-state index in [0.717, 1.165) is 31.6 Å². The van der Waals surface area contributed by atoms with Gasteiger partial charge in [-0.05, 0) is 68.2 Å². The predicted octanol–water partition coefficient (Wildman–Crippen LogP) is 3.24. The standard InChI is InChI=1S/C23H31N3O4S/c1-31(28,29)25-21-10-6-9-20(17-21)23(27)24-12-7-15-30-22-11-5-8-19(16-22)18-26-13-3-2-4-14-26/h5-6,8-11,16-17,25H,2-4,7,12-15,18H2,1H3,(H,24,27). The number of benzene rings is 2. The predicted molar refractivity (Wildman–Crippen MR) is 123 cm³/mol. The van der Waals surface area contributed by atoms with E-state index in [-0.39, 0.29) is 5.91 Å². The number of sulfonamides is 1. The largest absolute Gasteiger partial charge is 0.494 e. The first kappa shape index (κ1) is 23.1. The first-order chi connectivity index (χ1) is 14.9. The second-order valence-corrected chi connectivity index (χ2v) is 9.65. The number of nitrogens with one attached hydrogen (secondary N) is 2. The number of ether oxygens (including phenoxy) is 1. The van der Waals surface area contributed by atoms with Gasteiger partial charge in [0.2, 0.25) is 10.0 Å². The van der Waals surface area contributed by atoms with E-state index in [1.54, 1.807) is 18.2 Å². The van der Waals surface area contributed by atoms with Crippen molar-refractivity contribution in [3.8, 4) is 5.75 Å². The summed E-state index contributed by atoms with van der Waals surface area (Å²) in [6, 6.07) is 14.6. The number of hydrogen-bond acceptors (Lipinski definition) is 5. The van der Waals surface area contributed by atoms with Gasteiger partial charge in [-0.25, -0.2) is 8.42 Å². The van der Waals surface area contributed by atoms with Crippen molar-refractivity contribution in [2.75, 3.05) is 37.2 Å². The summed E-state index contributed by atoms with van der Waals surface area (Å²) in [7, 11) is -3.38. The molecule has 7 nitrogen and oxygen atoms in total. The molecular weight excluding hydrogens is 414 g/mol. The zero-order valence-electron chi connectivity index (χ0n) is 18.0. The van der Waals surface area contributed by atoms with Gasteiger partial charge in [-0.3, -0.25) is 14.4 Å². The quantitative estimate of drug-likeness (QED) is 0.548. The Bertz CT molecular complexity index is 972. The third-order valence-electron chi connectivity index (χ3n) is 5.06. The number of rotatable bonds is 10. The second kappa shape index (κ2) is 11.2. The molecule has 0 saturated carbocycles. The van der Waals surface area contributed by atoms with Crippen LogP contribution >= 0.6 is 0 Å². The lowest BCUT2D eigenvalue weighted by molar-refractivity contribution is 0.0951. The van der Waals surface area contributed by atoms with Crippen LogP contribution in [0.2, 0.25) is 0 Å². The lowest BCUT2D eigenvalue weighted by Gasteiger charge is -2.26. The molecule has 8 heteroatoms. The van der Waals surface area contributed by atoms with Gasteiger partial charge in [0, 0.05) is 24.3 Å². The third-order valence-corrected chi connectivity index (χ3v) is 5.66. The summed E-state index contributed by atoms with van der Waals surface area (Å²) in [6.07, 6.45) is 5.63. The average Bonchev–Trinajstić information content (AvgIpc) is 2.73. The van der Waals surface area contributed by atoms with Crippen LogP contribution in [-0.2, 0) is 16.6 Å². The van der Waals surface area contributed by atoms with E-state index in [0.29, 0.717) is 30.8 Å². The third kappa shape index (κ3) is 8.22. The molecule has 168 valence electrons. The van der Waals surface area contributed by atoms with Crippen LogP contribution in [0.1, 0.15) is 41.6 Å². The fourth-order valence-electron chi connectivity index (χ4n) is 3.61. The maximum Gasteiger partial charge on any atom is 0.251 e. The Morgan fingerprint density at radius 2 is 1.84 bits per heavy atom. The molecule has 1 heterocycles. The van der Waals surface area contributed by atoms with Gasteiger partial charge in [0.15, 0.2) is 0 Å². The topological polar surface area (TPSA) is 87.7 Å². The van der Waals surface area contributed by atoms with Crippen LogP contribution in [0, 0.1) is 0 Å². The van der Waals surface area contributed by atoms with Gasteiger partial charge in [-0.2, -0.15) is 0 Å². The van der Waals surface area contributed by atoms with Crippen molar-refractivity contribution in [1.29, 1.82) is 0 Å². The summed E-state index contributed by atoms with van der Waals surface area (Å²) in [5, 5.41) is 2.84. The van der Waals surface area contributed by atoms with Gasteiger partial charge >= 0.3 is 0 Å². The molecule has 0 aliphatic carbocycles. The normalized spacial score (nSPS) is 14.7. The maximum atomic E-state index is 12.3. The number of nitrogens with zero attached hydrogens (tertiary/aromatic N) is 1. The molecule has 0 unspecified atom stereocenters. The van der Waals surface area contributed by atoms with E-state index in [1.165, 1.54) is 30.9 Å². The fraction of sp³-hybridized carbons (Fsp3) is 0.435. The fourth-order valence-corrected chi connectivity index (χ4v) is 4.17. The van der Waals surface area contributed by atoms with Crippen molar-refractivity contribution < 1.29 is 17.9 Å². The highest BCUT2D eigenvalue weighted by Gasteiger charge is 2.11. The minimum Gasteiger partial charge on any atom is -0.494 e. The van der Waals surface area contributed by atoms with Crippen molar-refractivity contribution in [1.82, 2.24) is 10.2 Å². The zero-order chi connectivity index (χ0) is 22.1. The number of likely N-dealkylation sites (tertiary alicyclic amines) is 1. The van der Waals surface area contributed by atoms with E-state index < -0.39 is 10.0 Å². The summed E-state index contributed by atoms with van der Waals surface area (Å²) in [6.45, 7) is 4.26. The van der Waals surface area contributed by atoms with Crippen molar-refractivity contribution in [3.05, 3.63) is 59.7 Å². The highest BCUT2D eigenvalue weighted by Crippen LogP contribution is 2.18. The van der Waals surface area contributed by atoms with Gasteiger partial charge in [0.05, 0.1) is 12.9 Å². The number of carbonyl (C=O) groups excluding carboxylic acids is 1. The highest BCUT2D eigenvalue weighted by atomic mass is 32.2. The van der Waals surface area contributed by atoms with Crippen LogP contribution < -0.4 is 14.8 Å². The lowest BCUT2D eigenvalue weighted by Crippen LogP contribution is -2.29. The number of carbonyl (C=O) groups is 1. The van der Waals surface area contributed by atoms with Crippen molar-refractivity contribution in [2.24, 2.45) is 0 Å². The molecule has 1 amide bonds. The smallest absolute Gasteiger partial charge is 0.251 e. The van der Waals surface area contributed by atoms with Crippen LogP contribution in [0.3, 0.4) is 0 Å². The van der Waals surface area contributed by atoms with Crippen molar-refractivity contribution in [2.45, 2.75) is 32.2 Å². The highest BCUT2D eigenvalue weighted by molar-refractivity contribution is 7.92. The molecule has 2 N–H and O–H groups in total. The summed E-state index contributed by atoms with van der Waals surface area (Å²) in [5.74, 6) is 0.598. The molecule has 0 bridgehead atoms. The Morgan fingerprint density at radius 1 is 1.06 bits per heavy atom. The van der Waals surface area contributed by atoms with Gasteiger partial charge in [-0.15, -0.1) is 0 Å². The molecule has 0 atom stereocenters. The minimum absolute atomic E-state index is 0.249. The number of amides is 1. The molecule has 0 aromatic heterocycles. The Morgan fingerprint density at radius 3 is 2.61 bits per heavy atom. The van der Waals surface area contributed by atoms with Crippen LogP contribution in [0.4, 0.5) is 5.69 Å². The molecule has 3 rings (SSSR count). The molecule has 1 aliphatic rings. The minimum atomic E-state index is -3.38. The molecule has 1 aliphatic heterocycles. The van der Waals surface area contributed by atoms with Gasteiger partial charge in [-0.1, -0.05) is 24.6 Å². The van der Waals surface area contributed by atoms with Gasteiger partial charge in [0.1, 0.15) is 5.75 Å². The van der Waals surface area contributed by atoms with Crippen LogP contribution in [-0.4, -0.2) is 51.7 Å². The number of piperidine rings is 1. The summed E-state index contributed by atoms with van der Waals surface area (Å²) >= 11 is 0. The summed E-state index contributed by atoms with van der Waals surface area (Å²) < 4.78 is 30.9. The second-order valence-electron chi connectivity index (χ2n) is 7.90. The molecule has 2 aromatic rings. The van der Waals surface area contributed by atoms with E-state index >= 15 is 0 Å². The molecule has 0 spiro atoms. The first-order valence-electron chi connectivity index (χ1n) is 10.7. The van der Waals surface area contributed by atoms with Crippen molar-refractivity contribution >= 4 is 21.6 Å². The number of anilines is 1. The molecular formula is C23H31N3O4S. The molecule has 1 fully saturated rings. The Balaban J connectivity index is 1.39. The van der Waals surface area contributed by atoms with E-state index in [2.05, 4.69) is 27.1 Å². The molecule has 31 heavy (non-hydrogen) atoms. The Kier molecular flexibility index (Phi) is 8.31. The Hall–Kier alpha value is -2.58. The van der Waals surface area contributed by atoms with Crippen molar-refractivity contribution in [3.63, 3.8) is 0 Å². The zero-order valence-corrected chi connectivity index (χ0v) is 18.8. The first-order valence-corrected chi connectivity index (χ1v) is 12.6. The van der Waals surface area contributed by atoms with Crippen LogP contribution in [0.15, 0.2) is 48.5 Å². The SMILES string of the molecule is CS(=O)(=O)Nc1cccc(C(=O)NCCCOc2cccc(CN3CCCCC3)c2)c1. The Labute approximate surface area is 184 Å². The molecule has 2 aromatic carbocycles. The van der Waals surface area contributed by atoms with E-state index in [9.17, 15) is 13.2 Å². The summed E-state index contributed by atoms with van der Waals surface area (Å²) in [5.41, 5.74) is 2.03. The maximum absolute atomic E-state index is 12.3. The van der Waals surface area contributed by atoms with Gasteiger partial charge < -0.3 is 10.1 Å². The molecule has 1 saturated heterocycles. The van der Waals surface area contributed by atoms with E-state index in [1.807, 2.05) is 12.1 Å².